The van der Waals surface area contributed by atoms with Gasteiger partial charge in [0.1, 0.15) is 18.8 Å². The molecule has 1 unspecified atom stereocenters. The molecule has 1 atom stereocenters. The van der Waals surface area contributed by atoms with E-state index in [1.807, 2.05) is 40.9 Å². The minimum Gasteiger partial charge on any atom is -0.479 e. The Balaban J connectivity index is 0.000000491. The lowest BCUT2D eigenvalue weighted by molar-refractivity contribution is 0.248. The summed E-state index contributed by atoms with van der Waals surface area (Å²) >= 11 is 12.3. The van der Waals surface area contributed by atoms with Gasteiger partial charge in [-0.2, -0.15) is 0 Å². The van der Waals surface area contributed by atoms with Crippen LogP contribution in [0.1, 0.15) is 30.4 Å². The van der Waals surface area contributed by atoms with Crippen LogP contribution in [0.4, 0.5) is 17.3 Å². The van der Waals surface area contributed by atoms with Gasteiger partial charge in [0.2, 0.25) is 0 Å². The van der Waals surface area contributed by atoms with E-state index in [1.165, 1.54) is 22.9 Å². The molecule has 0 fully saturated rings. The van der Waals surface area contributed by atoms with Gasteiger partial charge in [0, 0.05) is 14.2 Å². The van der Waals surface area contributed by atoms with Crippen LogP contribution < -0.4 is 13.3 Å². The molecule has 2 aromatic carbocycles. The highest BCUT2D eigenvalue weighted by atomic mass is 127. The summed E-state index contributed by atoms with van der Waals surface area (Å²) in [6.07, 6.45) is -0.0683. The third-order valence-electron chi connectivity index (χ3n) is 4.47. The first-order valence-corrected chi connectivity index (χ1v) is 12.5. The quantitative estimate of drug-likeness (QED) is 0.133. The van der Waals surface area contributed by atoms with Crippen molar-refractivity contribution < 1.29 is 22.0 Å². The minimum absolute atomic E-state index is 0.0683. The number of nitrogens with zero attached hydrogens (tertiary/aromatic N) is 1. The molecule has 1 aromatic heterocycles. The number of fused-ring (bicyclic) bond motifs is 3. The molecule has 1 aliphatic rings. The van der Waals surface area contributed by atoms with Crippen molar-refractivity contribution in [2.75, 3.05) is 13.1 Å². The molecular weight excluding hydrogens is 584 g/mol. The lowest BCUT2D eigenvalue weighted by Crippen LogP contribution is -2.25. The van der Waals surface area contributed by atoms with Crippen LogP contribution in [0.5, 0.6) is 5.75 Å². The van der Waals surface area contributed by atoms with Gasteiger partial charge >= 0.3 is 11.2 Å². The molecule has 2 nitrogen and oxygen atoms in total. The third kappa shape index (κ3) is 6.24. The monoisotopic (exact) mass is 601 g/mol. The van der Waals surface area contributed by atoms with Gasteiger partial charge < -0.3 is 22.0 Å². The van der Waals surface area contributed by atoms with Gasteiger partial charge in [0.15, 0.2) is 6.10 Å². The van der Waals surface area contributed by atoms with Crippen molar-refractivity contribution in [3.05, 3.63) is 65.5 Å². The maximum Gasteiger partial charge on any atom is 0.673 e. The van der Waals surface area contributed by atoms with E-state index in [-0.39, 0.29) is 6.10 Å². The number of benzene rings is 2. The zero-order valence-corrected chi connectivity index (χ0v) is 21.1. The zero-order valence-electron chi connectivity index (χ0n) is 16.6. The highest BCUT2D eigenvalue weighted by molar-refractivity contribution is 14.1. The van der Waals surface area contributed by atoms with Gasteiger partial charge in [-0.25, -0.2) is 4.58 Å². The van der Waals surface area contributed by atoms with Gasteiger partial charge in [-0.05, 0) is 72.3 Å². The molecule has 0 bridgehead atoms. The predicted molar refractivity (Wildman–Crippen MR) is 131 cm³/mol. The standard InChI is InChI=1S/C20H18ClINOS2.BF4/c1-3-23(4-2)20-25-18-15-11-13(21)7-10-16(15)24-17(19(18)26-20)12-5-8-14(22)9-6-12;2-1(3,4)5/h5-11,17H,3-4H2,1-2H3;/q+1;-1. The van der Waals surface area contributed by atoms with E-state index in [2.05, 4.69) is 65.3 Å². The average molecular weight is 602 g/mol. The highest BCUT2D eigenvalue weighted by Crippen LogP contribution is 2.48. The maximum absolute atomic E-state index is 9.75. The zero-order chi connectivity index (χ0) is 22.8. The molecule has 0 spiro atoms. The number of ether oxygens (including phenoxy) is 1. The molecule has 4 rings (SSSR count). The van der Waals surface area contributed by atoms with Gasteiger partial charge in [-0.1, -0.05) is 46.4 Å². The molecule has 0 N–H and O–H groups in total. The van der Waals surface area contributed by atoms with Crippen molar-refractivity contribution >= 4 is 64.1 Å². The Hall–Kier alpha value is -1.11. The van der Waals surface area contributed by atoms with Gasteiger partial charge in [-0.3, -0.25) is 0 Å². The Morgan fingerprint density at radius 2 is 1.65 bits per heavy atom. The van der Waals surface area contributed by atoms with Crippen molar-refractivity contribution in [2.24, 2.45) is 0 Å². The number of halogens is 6. The molecule has 2 heterocycles. The number of hydrogen-bond acceptors (Lipinski definition) is 3. The van der Waals surface area contributed by atoms with Crippen molar-refractivity contribution in [3.8, 4) is 16.2 Å². The molecule has 0 amide bonds. The van der Waals surface area contributed by atoms with E-state index in [4.69, 9.17) is 16.3 Å². The van der Waals surface area contributed by atoms with E-state index in [0.717, 1.165) is 29.4 Å². The fourth-order valence-electron chi connectivity index (χ4n) is 3.09. The molecule has 11 heteroatoms. The Morgan fingerprint density at radius 1 is 1.03 bits per heavy atom. The molecule has 0 saturated heterocycles. The van der Waals surface area contributed by atoms with E-state index >= 15 is 0 Å². The summed E-state index contributed by atoms with van der Waals surface area (Å²) in [5.41, 5.74) is 2.29. The molecular formula is C20H18BClF4INOS2. The second-order valence-corrected chi connectivity index (χ2v) is 10.5. The fraction of sp³-hybridized carbons (Fsp3) is 0.250. The number of rotatable bonds is 3. The maximum atomic E-state index is 9.75. The van der Waals surface area contributed by atoms with E-state index in [9.17, 15) is 17.3 Å². The van der Waals surface area contributed by atoms with Crippen LogP contribution in [0.25, 0.3) is 10.4 Å². The molecule has 0 saturated carbocycles. The molecule has 1 aliphatic heterocycles. The summed E-state index contributed by atoms with van der Waals surface area (Å²) in [5.74, 6) is 0.908. The lowest BCUT2D eigenvalue weighted by atomic mass is 10.0. The van der Waals surface area contributed by atoms with Crippen LogP contribution in [0.3, 0.4) is 0 Å². The molecule has 166 valence electrons. The van der Waals surface area contributed by atoms with Crippen molar-refractivity contribution in [1.29, 1.82) is 0 Å². The van der Waals surface area contributed by atoms with Gasteiger partial charge in [-0.15, -0.1) is 0 Å². The third-order valence-corrected chi connectivity index (χ3v) is 8.21. The largest absolute Gasteiger partial charge is 0.673 e. The average Bonchev–Trinajstić information content (AvgIpc) is 3.13. The lowest BCUT2D eigenvalue weighted by Gasteiger charge is -2.26. The first-order valence-electron chi connectivity index (χ1n) is 9.41. The van der Waals surface area contributed by atoms with Crippen molar-refractivity contribution in [2.45, 2.75) is 20.0 Å². The van der Waals surface area contributed by atoms with Crippen LogP contribution >= 0.6 is 56.9 Å². The second-order valence-electron chi connectivity index (χ2n) is 6.52. The first kappa shape index (κ1) is 24.5. The topological polar surface area (TPSA) is 12.2 Å². The first-order chi connectivity index (χ1) is 14.6. The van der Waals surface area contributed by atoms with Crippen LogP contribution in [0.2, 0.25) is 5.02 Å². The van der Waals surface area contributed by atoms with Gasteiger partial charge in [0.25, 0.3) is 0 Å². The van der Waals surface area contributed by atoms with Crippen molar-refractivity contribution in [3.63, 3.8) is 0 Å². The van der Waals surface area contributed by atoms with E-state index in [0.29, 0.717) is 0 Å². The van der Waals surface area contributed by atoms with Crippen LogP contribution in [-0.4, -0.2) is 20.3 Å². The Labute approximate surface area is 204 Å². The Kier molecular flexibility index (Phi) is 8.09. The fourth-order valence-corrected chi connectivity index (χ4v) is 6.67. The summed E-state index contributed by atoms with van der Waals surface area (Å²) in [5, 5.41) is 0.744. The summed E-state index contributed by atoms with van der Waals surface area (Å²) in [7, 11) is -6.00. The summed E-state index contributed by atoms with van der Waals surface area (Å²) in [6.45, 7) is 6.41. The molecule has 0 radical (unpaired) electrons. The SMILES string of the molecule is CC[N+](CC)=c1sc2c(s1)C(c1ccc(I)cc1)Oc1ccc(Cl)cc1-2.F[B-](F)(F)F. The van der Waals surface area contributed by atoms with Crippen LogP contribution in [0.15, 0.2) is 42.5 Å². The van der Waals surface area contributed by atoms with E-state index in [1.54, 1.807) is 0 Å². The minimum atomic E-state index is -6.00. The summed E-state index contributed by atoms with van der Waals surface area (Å²) in [4.78, 5) is 2.55. The van der Waals surface area contributed by atoms with Crippen molar-refractivity contribution in [1.82, 2.24) is 4.58 Å². The normalized spacial score (nSPS) is 14.6. The summed E-state index contributed by atoms with van der Waals surface area (Å²) < 4.78 is 50.4. The Bertz CT molecular complexity index is 1120. The predicted octanol–water partition coefficient (Wildman–Crippen LogP) is 7.33. The smallest absolute Gasteiger partial charge is 0.479 e. The van der Waals surface area contributed by atoms with Crippen LogP contribution in [0, 0.1) is 3.57 Å². The Morgan fingerprint density at radius 3 is 2.23 bits per heavy atom. The molecule has 31 heavy (non-hydrogen) atoms. The second kappa shape index (κ2) is 10.2. The molecule has 0 aliphatic carbocycles. The highest BCUT2D eigenvalue weighted by Gasteiger charge is 2.32. The van der Waals surface area contributed by atoms with Crippen LogP contribution in [-0.2, 0) is 0 Å². The summed E-state index contributed by atoms with van der Waals surface area (Å²) in [6, 6.07) is 14.5. The number of hydrogen-bond donors (Lipinski definition) is 0. The van der Waals surface area contributed by atoms with Gasteiger partial charge in [0.05, 0.1) is 9.75 Å². The van der Waals surface area contributed by atoms with E-state index < -0.39 is 7.25 Å². The molecule has 3 aromatic rings.